The first kappa shape index (κ1) is 18.3. The lowest BCUT2D eigenvalue weighted by Crippen LogP contribution is -2.41. The van der Waals surface area contributed by atoms with Crippen LogP contribution in [0.2, 0.25) is 5.02 Å². The topological polar surface area (TPSA) is 75.6 Å². The van der Waals surface area contributed by atoms with Gasteiger partial charge in [0.25, 0.3) is 0 Å². The molecule has 5 nitrogen and oxygen atoms in total. The van der Waals surface area contributed by atoms with Crippen molar-refractivity contribution in [2.75, 3.05) is 6.61 Å². The van der Waals surface area contributed by atoms with Crippen molar-refractivity contribution in [1.29, 1.82) is 0 Å². The van der Waals surface area contributed by atoms with Gasteiger partial charge in [-0.15, -0.1) is 0 Å². The third kappa shape index (κ3) is 7.31. The molecule has 0 heterocycles. The molecule has 2 N–H and O–H groups in total. The van der Waals surface area contributed by atoms with Gasteiger partial charge in [-0.3, -0.25) is 4.79 Å². The molecule has 0 aromatic heterocycles. The van der Waals surface area contributed by atoms with Crippen LogP contribution in [0.5, 0.6) is 5.75 Å². The van der Waals surface area contributed by atoms with E-state index in [1.165, 1.54) is 0 Å². The average Bonchev–Trinajstić information content (AvgIpc) is 2.44. The number of carboxylic acid groups (broad SMARTS) is 1. The molecule has 0 aliphatic carbocycles. The number of rotatable bonds is 9. The largest absolute Gasteiger partial charge is 0.494 e. The van der Waals surface area contributed by atoms with E-state index in [2.05, 4.69) is 5.32 Å². The number of benzene rings is 1. The molecule has 0 radical (unpaired) electrons. The number of carbonyl (C=O) groups excluding carboxylic acids is 1. The average molecular weight is 328 g/mol. The molecule has 0 aliphatic heterocycles. The van der Waals surface area contributed by atoms with Crippen LogP contribution in [0, 0.1) is 5.92 Å². The minimum Gasteiger partial charge on any atom is -0.494 e. The van der Waals surface area contributed by atoms with Crippen LogP contribution in [-0.2, 0) is 9.59 Å². The summed E-state index contributed by atoms with van der Waals surface area (Å²) < 4.78 is 5.47. The monoisotopic (exact) mass is 327 g/mol. The van der Waals surface area contributed by atoms with Crippen LogP contribution in [-0.4, -0.2) is 29.6 Å². The minimum absolute atomic E-state index is 0.203. The number of nitrogens with one attached hydrogen (secondary N) is 1. The maximum absolute atomic E-state index is 11.7. The van der Waals surface area contributed by atoms with E-state index < -0.39 is 12.0 Å². The molecule has 0 fully saturated rings. The zero-order valence-electron chi connectivity index (χ0n) is 12.8. The van der Waals surface area contributed by atoms with Crippen molar-refractivity contribution in [2.45, 2.75) is 39.2 Å². The van der Waals surface area contributed by atoms with Gasteiger partial charge in [-0.2, -0.15) is 0 Å². The Hall–Kier alpha value is -1.75. The number of halogens is 1. The Balaban J connectivity index is 2.27. The number of hydrogen-bond donors (Lipinski definition) is 2. The fourth-order valence-corrected chi connectivity index (χ4v) is 2.04. The zero-order chi connectivity index (χ0) is 16.5. The SMILES string of the molecule is CC(C)CC(NC(=O)CCCOc1ccc(Cl)cc1)C(=O)O. The van der Waals surface area contributed by atoms with E-state index in [1.54, 1.807) is 24.3 Å². The number of hydrogen-bond acceptors (Lipinski definition) is 3. The summed E-state index contributed by atoms with van der Waals surface area (Å²) in [5.41, 5.74) is 0. The smallest absolute Gasteiger partial charge is 0.326 e. The van der Waals surface area contributed by atoms with Crippen molar-refractivity contribution in [3.63, 3.8) is 0 Å². The molecule has 122 valence electrons. The van der Waals surface area contributed by atoms with Crippen molar-refractivity contribution >= 4 is 23.5 Å². The number of amides is 1. The standard InChI is InChI=1S/C16H22ClNO4/c1-11(2)10-14(16(20)21)18-15(19)4-3-9-22-13-7-5-12(17)6-8-13/h5-8,11,14H,3-4,9-10H2,1-2H3,(H,18,19)(H,20,21). The molecule has 0 aliphatic rings. The lowest BCUT2D eigenvalue weighted by Gasteiger charge is -2.16. The van der Waals surface area contributed by atoms with E-state index in [9.17, 15) is 9.59 Å². The van der Waals surface area contributed by atoms with Gasteiger partial charge in [-0.25, -0.2) is 4.79 Å². The molecular weight excluding hydrogens is 306 g/mol. The summed E-state index contributed by atoms with van der Waals surface area (Å²) in [6, 6.07) is 6.14. The van der Waals surface area contributed by atoms with Crippen LogP contribution in [0.4, 0.5) is 0 Å². The summed E-state index contributed by atoms with van der Waals surface area (Å²) >= 11 is 5.77. The van der Waals surface area contributed by atoms with Gasteiger partial charge in [0, 0.05) is 11.4 Å². The number of ether oxygens (including phenoxy) is 1. The van der Waals surface area contributed by atoms with Gasteiger partial charge in [0.2, 0.25) is 5.91 Å². The fourth-order valence-electron chi connectivity index (χ4n) is 1.91. The highest BCUT2D eigenvalue weighted by Crippen LogP contribution is 2.15. The molecule has 1 aromatic carbocycles. The summed E-state index contributed by atoms with van der Waals surface area (Å²) in [4.78, 5) is 22.8. The summed E-state index contributed by atoms with van der Waals surface area (Å²) in [6.45, 7) is 4.22. The highest BCUT2D eigenvalue weighted by Gasteiger charge is 2.20. The Kier molecular flexibility index (Phi) is 7.74. The fraction of sp³-hybridized carbons (Fsp3) is 0.500. The second-order valence-electron chi connectivity index (χ2n) is 5.49. The van der Waals surface area contributed by atoms with Crippen LogP contribution in [0.25, 0.3) is 0 Å². The van der Waals surface area contributed by atoms with E-state index in [0.717, 1.165) is 0 Å². The predicted octanol–water partition coefficient (Wildman–Crippen LogP) is 3.11. The van der Waals surface area contributed by atoms with Gasteiger partial charge in [-0.1, -0.05) is 25.4 Å². The molecule has 0 saturated carbocycles. The predicted molar refractivity (Wildman–Crippen MR) is 85.2 cm³/mol. The van der Waals surface area contributed by atoms with Gasteiger partial charge in [0.1, 0.15) is 11.8 Å². The molecule has 1 atom stereocenters. The van der Waals surface area contributed by atoms with E-state index in [4.69, 9.17) is 21.4 Å². The lowest BCUT2D eigenvalue weighted by atomic mass is 10.0. The summed E-state index contributed by atoms with van der Waals surface area (Å²) in [5, 5.41) is 12.2. The van der Waals surface area contributed by atoms with Gasteiger partial charge >= 0.3 is 5.97 Å². The molecule has 1 aromatic rings. The van der Waals surface area contributed by atoms with Crippen LogP contribution in [0.3, 0.4) is 0 Å². The molecule has 22 heavy (non-hydrogen) atoms. The maximum Gasteiger partial charge on any atom is 0.326 e. The summed E-state index contributed by atoms with van der Waals surface area (Å²) in [5.74, 6) is -0.380. The molecule has 0 saturated heterocycles. The number of carbonyl (C=O) groups is 2. The third-order valence-electron chi connectivity index (χ3n) is 2.97. The van der Waals surface area contributed by atoms with Crippen molar-refractivity contribution in [3.8, 4) is 5.75 Å². The van der Waals surface area contributed by atoms with Crippen molar-refractivity contribution in [1.82, 2.24) is 5.32 Å². The molecule has 1 rings (SSSR count). The Bertz CT molecular complexity index is 487. The second kappa shape index (κ2) is 9.30. The Morgan fingerprint density at radius 2 is 1.91 bits per heavy atom. The minimum atomic E-state index is -1.00. The van der Waals surface area contributed by atoms with E-state index in [0.29, 0.717) is 30.2 Å². The van der Waals surface area contributed by atoms with E-state index in [1.807, 2.05) is 13.8 Å². The van der Waals surface area contributed by atoms with Gasteiger partial charge in [-0.05, 0) is 43.0 Å². The van der Waals surface area contributed by atoms with Gasteiger partial charge in [0.05, 0.1) is 6.61 Å². The highest BCUT2D eigenvalue weighted by molar-refractivity contribution is 6.30. The van der Waals surface area contributed by atoms with Crippen LogP contribution >= 0.6 is 11.6 Å². The molecule has 0 bridgehead atoms. The first-order valence-electron chi connectivity index (χ1n) is 7.29. The molecule has 1 amide bonds. The molecule has 0 spiro atoms. The quantitative estimate of drug-likeness (QED) is 0.683. The summed E-state index contributed by atoms with van der Waals surface area (Å²) in [7, 11) is 0. The normalized spacial score (nSPS) is 12.0. The van der Waals surface area contributed by atoms with Crippen molar-refractivity contribution < 1.29 is 19.4 Å². The Morgan fingerprint density at radius 1 is 1.27 bits per heavy atom. The Labute approximate surface area is 135 Å². The molecule has 1 unspecified atom stereocenters. The first-order valence-corrected chi connectivity index (χ1v) is 7.67. The Morgan fingerprint density at radius 3 is 2.45 bits per heavy atom. The first-order chi connectivity index (χ1) is 10.4. The van der Waals surface area contributed by atoms with Crippen molar-refractivity contribution in [2.24, 2.45) is 5.92 Å². The lowest BCUT2D eigenvalue weighted by molar-refractivity contribution is -0.142. The van der Waals surface area contributed by atoms with Gasteiger partial charge < -0.3 is 15.2 Å². The number of aliphatic carboxylic acids is 1. The number of carboxylic acids is 1. The highest BCUT2D eigenvalue weighted by atomic mass is 35.5. The van der Waals surface area contributed by atoms with Crippen LogP contribution in [0.1, 0.15) is 33.1 Å². The molecule has 6 heteroatoms. The molecular formula is C16H22ClNO4. The maximum atomic E-state index is 11.7. The van der Waals surface area contributed by atoms with Crippen LogP contribution in [0.15, 0.2) is 24.3 Å². The van der Waals surface area contributed by atoms with E-state index in [-0.39, 0.29) is 18.2 Å². The van der Waals surface area contributed by atoms with Crippen LogP contribution < -0.4 is 10.1 Å². The zero-order valence-corrected chi connectivity index (χ0v) is 13.6. The van der Waals surface area contributed by atoms with Crippen molar-refractivity contribution in [3.05, 3.63) is 29.3 Å². The second-order valence-corrected chi connectivity index (χ2v) is 5.93. The van der Waals surface area contributed by atoms with Gasteiger partial charge in [0.15, 0.2) is 0 Å². The third-order valence-corrected chi connectivity index (χ3v) is 3.22. The van der Waals surface area contributed by atoms with E-state index >= 15 is 0 Å². The summed E-state index contributed by atoms with van der Waals surface area (Å²) in [6.07, 6.45) is 1.17.